The fourth-order valence-corrected chi connectivity index (χ4v) is 3.83. The molecule has 1 fully saturated rings. The number of aromatic carboxylic acids is 1. The number of carbonyl (C=O) groups excluding carboxylic acids is 1. The van der Waals surface area contributed by atoms with Crippen molar-refractivity contribution in [2.24, 2.45) is 7.05 Å². The van der Waals surface area contributed by atoms with Crippen LogP contribution in [0.5, 0.6) is 5.75 Å². The van der Waals surface area contributed by atoms with E-state index in [0.29, 0.717) is 24.7 Å². The summed E-state index contributed by atoms with van der Waals surface area (Å²) in [4.78, 5) is 24.6. The number of nitrogens with one attached hydrogen (secondary N) is 1. The zero-order chi connectivity index (χ0) is 23.8. The number of amides is 1. The summed E-state index contributed by atoms with van der Waals surface area (Å²) >= 11 is 0. The summed E-state index contributed by atoms with van der Waals surface area (Å²) in [6.45, 7) is 4.42. The van der Waals surface area contributed by atoms with Crippen molar-refractivity contribution >= 4 is 28.5 Å². The van der Waals surface area contributed by atoms with Gasteiger partial charge in [0.05, 0.1) is 35.0 Å². The Morgan fingerprint density at radius 1 is 1.30 bits per heavy atom. The number of rotatable bonds is 6. The Kier molecular flexibility index (Phi) is 5.80. The van der Waals surface area contributed by atoms with Crippen molar-refractivity contribution in [2.45, 2.75) is 25.7 Å². The quantitative estimate of drug-likeness (QED) is 0.590. The summed E-state index contributed by atoms with van der Waals surface area (Å²) in [6, 6.07) is 13.2. The number of carboxylic acid groups (broad SMARTS) is 1. The van der Waals surface area contributed by atoms with E-state index in [4.69, 9.17) is 19.5 Å². The van der Waals surface area contributed by atoms with Crippen LogP contribution in [-0.2, 0) is 16.5 Å². The fraction of sp³-hybridized carbons (Fsp3) is 0.292. The van der Waals surface area contributed by atoms with Crippen LogP contribution in [0.15, 0.2) is 42.5 Å². The van der Waals surface area contributed by atoms with E-state index in [1.807, 2.05) is 38.1 Å². The molecule has 2 N–H and O–H groups in total. The lowest BCUT2D eigenvalue weighted by Crippen LogP contribution is -2.25. The third-order valence-electron chi connectivity index (χ3n) is 5.37. The number of anilines is 1. The fourth-order valence-electron chi connectivity index (χ4n) is 3.83. The normalized spacial score (nSPS) is 17.0. The number of hydrogen-bond acceptors (Lipinski definition) is 6. The molecule has 4 rings (SSSR count). The molecule has 1 atom stereocenters. The van der Waals surface area contributed by atoms with E-state index >= 15 is 0 Å². The van der Waals surface area contributed by atoms with Crippen molar-refractivity contribution in [3.63, 3.8) is 0 Å². The molecule has 1 aliphatic heterocycles. The Hall–Kier alpha value is -3.87. The average molecular weight is 449 g/mol. The number of aromatic nitrogens is 1. The Labute approximate surface area is 190 Å². The van der Waals surface area contributed by atoms with Crippen LogP contribution in [0.2, 0.25) is 0 Å². The lowest BCUT2D eigenvalue weighted by molar-refractivity contribution is -0.141. The van der Waals surface area contributed by atoms with Crippen molar-refractivity contribution in [2.75, 3.05) is 18.5 Å². The minimum Gasteiger partial charge on any atom is -0.489 e. The minimum atomic E-state index is -1.24. The molecule has 0 spiro atoms. The van der Waals surface area contributed by atoms with E-state index in [1.54, 1.807) is 17.7 Å². The SMILES string of the molecule is Cn1c(C(=O)Nc2ccc(C#N)cc2C(=O)O)cc2cccc(OCC3COC(C)(C)O3)c21. The molecule has 1 aliphatic rings. The number of aryl methyl sites for hydroxylation is 1. The number of nitrogens with zero attached hydrogens (tertiary/aromatic N) is 2. The first kappa shape index (κ1) is 22.3. The van der Waals surface area contributed by atoms with Crippen LogP contribution >= 0.6 is 0 Å². The van der Waals surface area contributed by atoms with Crippen LogP contribution in [0.4, 0.5) is 5.69 Å². The maximum Gasteiger partial charge on any atom is 0.337 e. The van der Waals surface area contributed by atoms with Gasteiger partial charge in [0.1, 0.15) is 24.2 Å². The second kappa shape index (κ2) is 8.58. The van der Waals surface area contributed by atoms with E-state index in [9.17, 15) is 14.7 Å². The number of ether oxygens (including phenoxy) is 3. The Morgan fingerprint density at radius 2 is 2.09 bits per heavy atom. The van der Waals surface area contributed by atoms with Crippen molar-refractivity contribution in [3.8, 4) is 11.8 Å². The van der Waals surface area contributed by atoms with E-state index in [0.717, 1.165) is 10.9 Å². The molecule has 1 amide bonds. The number of hydrogen-bond donors (Lipinski definition) is 2. The molecule has 1 aromatic heterocycles. The summed E-state index contributed by atoms with van der Waals surface area (Å²) in [5.41, 5.74) is 1.18. The number of para-hydroxylation sites is 1. The number of fused-ring (bicyclic) bond motifs is 1. The molecular formula is C24H23N3O6. The molecule has 9 heteroatoms. The first-order chi connectivity index (χ1) is 15.7. The molecule has 2 heterocycles. The van der Waals surface area contributed by atoms with Gasteiger partial charge in [-0.15, -0.1) is 0 Å². The smallest absolute Gasteiger partial charge is 0.337 e. The zero-order valence-corrected chi connectivity index (χ0v) is 18.4. The summed E-state index contributed by atoms with van der Waals surface area (Å²) < 4.78 is 19.0. The van der Waals surface area contributed by atoms with E-state index < -0.39 is 17.7 Å². The minimum absolute atomic E-state index is 0.106. The zero-order valence-electron chi connectivity index (χ0n) is 18.4. The number of nitriles is 1. The molecule has 1 saturated heterocycles. The van der Waals surface area contributed by atoms with E-state index in [1.165, 1.54) is 18.2 Å². The van der Waals surface area contributed by atoms with Gasteiger partial charge < -0.3 is 29.2 Å². The van der Waals surface area contributed by atoms with Gasteiger partial charge in [0.25, 0.3) is 5.91 Å². The molecular weight excluding hydrogens is 426 g/mol. The maximum absolute atomic E-state index is 13.0. The predicted molar refractivity (Wildman–Crippen MR) is 119 cm³/mol. The Balaban J connectivity index is 1.59. The van der Waals surface area contributed by atoms with Gasteiger partial charge in [-0.2, -0.15) is 5.26 Å². The molecule has 170 valence electrons. The van der Waals surface area contributed by atoms with Gasteiger partial charge in [-0.25, -0.2) is 4.79 Å². The summed E-state index contributed by atoms with van der Waals surface area (Å²) in [5.74, 6) is -1.78. The lowest BCUT2D eigenvalue weighted by atomic mass is 10.1. The second-order valence-electron chi connectivity index (χ2n) is 8.18. The summed E-state index contributed by atoms with van der Waals surface area (Å²) in [6.07, 6.45) is -0.205. The summed E-state index contributed by atoms with van der Waals surface area (Å²) in [7, 11) is 1.74. The van der Waals surface area contributed by atoms with Crippen LogP contribution in [0.1, 0.15) is 40.3 Å². The monoisotopic (exact) mass is 449 g/mol. The van der Waals surface area contributed by atoms with Gasteiger partial charge in [0.2, 0.25) is 0 Å². The molecule has 2 aromatic carbocycles. The maximum atomic E-state index is 13.0. The molecule has 0 saturated carbocycles. The molecule has 33 heavy (non-hydrogen) atoms. The first-order valence-electron chi connectivity index (χ1n) is 10.3. The highest BCUT2D eigenvalue weighted by Gasteiger charge is 2.33. The van der Waals surface area contributed by atoms with Crippen LogP contribution in [-0.4, -0.2) is 46.7 Å². The van der Waals surface area contributed by atoms with Gasteiger partial charge in [-0.3, -0.25) is 4.79 Å². The van der Waals surface area contributed by atoms with Crippen LogP contribution < -0.4 is 10.1 Å². The number of benzene rings is 2. The molecule has 0 bridgehead atoms. The highest BCUT2D eigenvalue weighted by molar-refractivity contribution is 6.09. The Bertz CT molecular complexity index is 1290. The first-order valence-corrected chi connectivity index (χ1v) is 10.3. The van der Waals surface area contributed by atoms with Gasteiger partial charge >= 0.3 is 5.97 Å². The largest absolute Gasteiger partial charge is 0.489 e. The second-order valence-corrected chi connectivity index (χ2v) is 8.18. The number of carbonyl (C=O) groups is 2. The van der Waals surface area contributed by atoms with Crippen molar-refractivity contribution < 1.29 is 28.9 Å². The average Bonchev–Trinajstić information content (AvgIpc) is 3.31. The third-order valence-corrected chi connectivity index (χ3v) is 5.37. The molecule has 3 aromatic rings. The van der Waals surface area contributed by atoms with Gasteiger partial charge in [0, 0.05) is 12.4 Å². The highest BCUT2D eigenvalue weighted by atomic mass is 16.7. The van der Waals surface area contributed by atoms with E-state index in [-0.39, 0.29) is 22.9 Å². The molecule has 1 unspecified atom stereocenters. The topological polar surface area (TPSA) is 123 Å². The van der Waals surface area contributed by atoms with Crippen molar-refractivity contribution in [3.05, 3.63) is 59.3 Å². The van der Waals surface area contributed by atoms with Crippen LogP contribution in [0.3, 0.4) is 0 Å². The number of carboxylic acids is 1. The summed E-state index contributed by atoms with van der Waals surface area (Å²) in [5, 5.41) is 21.9. The van der Waals surface area contributed by atoms with Gasteiger partial charge in [0.15, 0.2) is 5.79 Å². The van der Waals surface area contributed by atoms with Gasteiger partial charge in [-0.1, -0.05) is 12.1 Å². The lowest BCUT2D eigenvalue weighted by Gasteiger charge is -2.17. The molecule has 9 nitrogen and oxygen atoms in total. The van der Waals surface area contributed by atoms with E-state index in [2.05, 4.69) is 5.32 Å². The standard InChI is InChI=1S/C24H23N3O6/c1-24(2)32-13-16(33-24)12-31-20-6-4-5-15-10-19(27(3)21(15)20)22(28)26-18-8-7-14(11-25)9-17(18)23(29)30/h4-10,16H,12-13H2,1-3H3,(H,26,28)(H,29,30). The van der Waals surface area contributed by atoms with Crippen molar-refractivity contribution in [1.29, 1.82) is 5.26 Å². The highest BCUT2D eigenvalue weighted by Crippen LogP contribution is 2.30. The molecule has 0 radical (unpaired) electrons. The van der Waals surface area contributed by atoms with Crippen LogP contribution in [0, 0.1) is 11.3 Å². The van der Waals surface area contributed by atoms with Gasteiger partial charge in [-0.05, 0) is 44.2 Å². The van der Waals surface area contributed by atoms with Crippen LogP contribution in [0.25, 0.3) is 10.9 Å². The predicted octanol–water partition coefficient (Wildman–Crippen LogP) is 3.53. The van der Waals surface area contributed by atoms with Crippen molar-refractivity contribution in [1.82, 2.24) is 4.57 Å². The third kappa shape index (κ3) is 4.53. The molecule has 0 aliphatic carbocycles. The Morgan fingerprint density at radius 3 is 2.76 bits per heavy atom.